The van der Waals surface area contributed by atoms with Crippen LogP contribution in [-0.2, 0) is 4.74 Å². The summed E-state index contributed by atoms with van der Waals surface area (Å²) >= 11 is 0. The zero-order chi connectivity index (χ0) is 12.4. The molecule has 1 fully saturated rings. The maximum atomic E-state index is 9.64. The van der Waals surface area contributed by atoms with Gasteiger partial charge >= 0.3 is 0 Å². The minimum absolute atomic E-state index is 0.0855. The number of aliphatic hydroxyl groups excluding tert-OH is 3. The summed E-state index contributed by atoms with van der Waals surface area (Å²) in [4.78, 5) is 0. The molecule has 1 unspecified atom stereocenters. The van der Waals surface area contributed by atoms with Crippen LogP contribution in [0.4, 0.5) is 5.69 Å². The van der Waals surface area contributed by atoms with Gasteiger partial charge in [0, 0.05) is 5.69 Å². The molecule has 1 aromatic carbocycles. The Kier molecular flexibility index (Phi) is 3.49. The Labute approximate surface area is 98.2 Å². The summed E-state index contributed by atoms with van der Waals surface area (Å²) in [5.74, 6) is 0.465. The summed E-state index contributed by atoms with van der Waals surface area (Å²) in [7, 11) is 0. The van der Waals surface area contributed by atoms with Gasteiger partial charge in [0.05, 0.1) is 6.61 Å². The first-order valence-corrected chi connectivity index (χ1v) is 5.26. The number of benzene rings is 1. The first kappa shape index (κ1) is 12.1. The largest absolute Gasteiger partial charge is 0.462 e. The second kappa shape index (κ2) is 4.89. The van der Waals surface area contributed by atoms with Crippen LogP contribution in [0.15, 0.2) is 24.3 Å². The second-order valence-electron chi connectivity index (χ2n) is 3.94. The Hall–Kier alpha value is -1.34. The lowest BCUT2D eigenvalue weighted by Crippen LogP contribution is -2.54. The predicted octanol–water partition coefficient (Wildman–Crippen LogP) is -0.913. The van der Waals surface area contributed by atoms with E-state index in [1.54, 1.807) is 24.3 Å². The van der Waals surface area contributed by atoms with Gasteiger partial charge in [-0.15, -0.1) is 0 Å². The summed E-state index contributed by atoms with van der Waals surface area (Å²) in [6.07, 6.45) is -4.67. The summed E-state index contributed by atoms with van der Waals surface area (Å²) in [6, 6.07) is 6.55. The van der Waals surface area contributed by atoms with Gasteiger partial charge in [0.25, 0.3) is 0 Å². The van der Waals surface area contributed by atoms with E-state index in [2.05, 4.69) is 0 Å². The lowest BCUT2D eigenvalue weighted by molar-refractivity contribution is -0.242. The highest BCUT2D eigenvalue weighted by molar-refractivity contribution is 5.41. The van der Waals surface area contributed by atoms with E-state index in [4.69, 9.17) is 15.2 Å². The van der Waals surface area contributed by atoms with E-state index in [0.717, 1.165) is 0 Å². The van der Waals surface area contributed by atoms with E-state index in [0.29, 0.717) is 11.4 Å². The Morgan fingerprint density at radius 1 is 1.12 bits per heavy atom. The van der Waals surface area contributed by atoms with Gasteiger partial charge in [-0.2, -0.15) is 0 Å². The molecular formula is C11H15NO5. The molecule has 0 radical (unpaired) electrons. The fraction of sp³-hybridized carbons (Fsp3) is 0.455. The van der Waals surface area contributed by atoms with Crippen molar-refractivity contribution in [1.29, 1.82) is 0 Å². The van der Waals surface area contributed by atoms with Crippen molar-refractivity contribution in [2.75, 3.05) is 12.3 Å². The fourth-order valence-corrected chi connectivity index (χ4v) is 1.56. The summed E-state index contributed by atoms with van der Waals surface area (Å²) < 4.78 is 10.4. The van der Waals surface area contributed by atoms with Crippen LogP contribution in [0.3, 0.4) is 0 Å². The standard InChI is InChI=1S/C11H15NO5/c12-6-1-3-7(4-2-6)17-11-10(15)9(14)8(13)5-16-11/h1-4,8-11,13-15H,5,12H2/t8-,9+,10-,11?/m1/s1. The van der Waals surface area contributed by atoms with Gasteiger partial charge in [0.2, 0.25) is 6.29 Å². The number of anilines is 1. The molecule has 0 amide bonds. The molecule has 1 heterocycles. The Morgan fingerprint density at radius 3 is 2.41 bits per heavy atom. The van der Waals surface area contributed by atoms with E-state index in [-0.39, 0.29) is 6.61 Å². The predicted molar refractivity (Wildman–Crippen MR) is 59.2 cm³/mol. The summed E-state index contributed by atoms with van der Waals surface area (Å²) in [5.41, 5.74) is 6.11. The highest BCUT2D eigenvalue weighted by Crippen LogP contribution is 2.21. The molecule has 4 atom stereocenters. The van der Waals surface area contributed by atoms with Crippen molar-refractivity contribution in [2.24, 2.45) is 0 Å². The van der Waals surface area contributed by atoms with Gasteiger partial charge < -0.3 is 30.5 Å². The van der Waals surface area contributed by atoms with Gasteiger partial charge in [-0.3, -0.25) is 0 Å². The monoisotopic (exact) mass is 241 g/mol. The highest BCUT2D eigenvalue weighted by Gasteiger charge is 2.38. The third kappa shape index (κ3) is 2.67. The minimum atomic E-state index is -1.30. The molecule has 17 heavy (non-hydrogen) atoms. The van der Waals surface area contributed by atoms with E-state index >= 15 is 0 Å². The van der Waals surface area contributed by atoms with E-state index in [9.17, 15) is 15.3 Å². The normalized spacial score (nSPS) is 33.4. The maximum absolute atomic E-state index is 9.64. The average Bonchev–Trinajstić information content (AvgIpc) is 2.33. The van der Waals surface area contributed by atoms with Crippen LogP contribution in [0.2, 0.25) is 0 Å². The van der Waals surface area contributed by atoms with Crippen molar-refractivity contribution in [2.45, 2.75) is 24.6 Å². The van der Waals surface area contributed by atoms with Crippen molar-refractivity contribution in [3.63, 3.8) is 0 Å². The SMILES string of the molecule is Nc1ccc(OC2OC[C@@H](O)[C@H](O)[C@H]2O)cc1. The van der Waals surface area contributed by atoms with Crippen LogP contribution in [-0.4, -0.2) is 46.5 Å². The molecule has 6 heteroatoms. The molecule has 1 aliphatic rings. The number of ether oxygens (including phenoxy) is 2. The smallest absolute Gasteiger partial charge is 0.228 e. The van der Waals surface area contributed by atoms with Gasteiger partial charge in [-0.1, -0.05) is 0 Å². The number of hydrogen-bond acceptors (Lipinski definition) is 6. The second-order valence-corrected chi connectivity index (χ2v) is 3.94. The summed E-state index contributed by atoms with van der Waals surface area (Å²) in [5, 5.41) is 28.4. The Bertz CT molecular complexity index is 369. The summed E-state index contributed by atoms with van der Waals surface area (Å²) in [6.45, 7) is -0.0855. The van der Waals surface area contributed by atoms with E-state index < -0.39 is 24.6 Å². The van der Waals surface area contributed by atoms with Crippen molar-refractivity contribution < 1.29 is 24.8 Å². The fourth-order valence-electron chi connectivity index (χ4n) is 1.56. The molecule has 6 nitrogen and oxygen atoms in total. The molecule has 2 rings (SSSR count). The highest BCUT2D eigenvalue weighted by atomic mass is 16.7. The number of rotatable bonds is 2. The van der Waals surface area contributed by atoms with Crippen LogP contribution < -0.4 is 10.5 Å². The van der Waals surface area contributed by atoms with Gasteiger partial charge in [0.15, 0.2) is 0 Å². The van der Waals surface area contributed by atoms with Crippen LogP contribution in [0.1, 0.15) is 0 Å². The zero-order valence-corrected chi connectivity index (χ0v) is 9.06. The first-order valence-electron chi connectivity index (χ1n) is 5.26. The molecule has 5 N–H and O–H groups in total. The number of nitrogen functional groups attached to an aromatic ring is 1. The number of hydrogen-bond donors (Lipinski definition) is 4. The topological polar surface area (TPSA) is 105 Å². The van der Waals surface area contributed by atoms with Gasteiger partial charge in [-0.05, 0) is 24.3 Å². The minimum Gasteiger partial charge on any atom is -0.462 e. The molecule has 94 valence electrons. The molecule has 1 aliphatic heterocycles. The molecule has 0 bridgehead atoms. The zero-order valence-electron chi connectivity index (χ0n) is 9.06. The number of aliphatic hydroxyl groups is 3. The third-order valence-electron chi connectivity index (χ3n) is 2.59. The van der Waals surface area contributed by atoms with E-state index in [1.807, 2.05) is 0 Å². The van der Waals surface area contributed by atoms with Crippen molar-refractivity contribution in [3.05, 3.63) is 24.3 Å². The average molecular weight is 241 g/mol. The van der Waals surface area contributed by atoms with Crippen LogP contribution in [0.5, 0.6) is 5.75 Å². The van der Waals surface area contributed by atoms with Crippen molar-refractivity contribution in [3.8, 4) is 5.75 Å². The quantitative estimate of drug-likeness (QED) is 0.499. The molecule has 1 aromatic rings. The third-order valence-corrected chi connectivity index (χ3v) is 2.59. The molecule has 1 saturated heterocycles. The van der Waals surface area contributed by atoms with Crippen molar-refractivity contribution in [1.82, 2.24) is 0 Å². The Morgan fingerprint density at radius 2 is 1.76 bits per heavy atom. The molecular weight excluding hydrogens is 226 g/mol. The Balaban J connectivity index is 2.01. The van der Waals surface area contributed by atoms with Crippen molar-refractivity contribution >= 4 is 5.69 Å². The van der Waals surface area contributed by atoms with Gasteiger partial charge in [-0.25, -0.2) is 0 Å². The molecule has 0 aliphatic carbocycles. The van der Waals surface area contributed by atoms with Gasteiger partial charge in [0.1, 0.15) is 24.1 Å². The lowest BCUT2D eigenvalue weighted by Gasteiger charge is -2.34. The van der Waals surface area contributed by atoms with E-state index in [1.165, 1.54) is 0 Å². The molecule has 0 aromatic heterocycles. The van der Waals surface area contributed by atoms with Crippen LogP contribution in [0, 0.1) is 0 Å². The molecule has 0 spiro atoms. The first-order chi connectivity index (χ1) is 8.08. The maximum Gasteiger partial charge on any atom is 0.228 e. The van der Waals surface area contributed by atoms with Crippen LogP contribution >= 0.6 is 0 Å². The lowest BCUT2D eigenvalue weighted by atomic mass is 10.1. The number of nitrogens with two attached hydrogens (primary N) is 1. The van der Waals surface area contributed by atoms with Crippen LogP contribution in [0.25, 0.3) is 0 Å². The molecule has 0 saturated carbocycles.